The molecule has 0 saturated heterocycles. The summed E-state index contributed by atoms with van der Waals surface area (Å²) in [6.45, 7) is 1.66. The first-order chi connectivity index (χ1) is 12.5. The largest absolute Gasteiger partial charge is 0.341 e. The SMILES string of the molecule is CNC(=O)NC(=O)[C@@H](C)Sc1nc2sccc2c(=O)n1-c1ccccc1. The van der Waals surface area contributed by atoms with Gasteiger partial charge in [0.25, 0.3) is 5.56 Å². The number of carbonyl (C=O) groups is 2. The summed E-state index contributed by atoms with van der Waals surface area (Å²) in [4.78, 5) is 41.6. The number of thiophene rings is 1. The zero-order valence-corrected chi connectivity index (χ0v) is 15.7. The Labute approximate surface area is 157 Å². The Hall–Kier alpha value is -2.65. The van der Waals surface area contributed by atoms with E-state index in [1.807, 2.05) is 23.6 Å². The lowest BCUT2D eigenvalue weighted by molar-refractivity contribution is -0.119. The lowest BCUT2D eigenvalue weighted by Gasteiger charge is -2.15. The van der Waals surface area contributed by atoms with Crippen molar-refractivity contribution in [1.29, 1.82) is 0 Å². The minimum Gasteiger partial charge on any atom is -0.341 e. The first-order valence-electron chi connectivity index (χ1n) is 7.76. The summed E-state index contributed by atoms with van der Waals surface area (Å²) in [5.74, 6) is -0.463. The van der Waals surface area contributed by atoms with Crippen LogP contribution in [0.25, 0.3) is 15.9 Å². The zero-order chi connectivity index (χ0) is 18.7. The Bertz CT molecular complexity index is 1010. The third-order valence-corrected chi connectivity index (χ3v) is 5.46. The van der Waals surface area contributed by atoms with Gasteiger partial charge in [0.05, 0.1) is 16.3 Å². The average Bonchev–Trinajstić information content (AvgIpc) is 3.11. The van der Waals surface area contributed by atoms with Gasteiger partial charge in [0.1, 0.15) is 4.83 Å². The van der Waals surface area contributed by atoms with Crippen LogP contribution in [0.1, 0.15) is 6.92 Å². The van der Waals surface area contributed by atoms with Crippen molar-refractivity contribution in [2.45, 2.75) is 17.3 Å². The van der Waals surface area contributed by atoms with Crippen LogP contribution in [0.4, 0.5) is 4.79 Å². The fraction of sp³-hybridized carbons (Fsp3) is 0.176. The Morgan fingerprint density at radius 3 is 2.65 bits per heavy atom. The predicted molar refractivity (Wildman–Crippen MR) is 103 cm³/mol. The van der Waals surface area contributed by atoms with E-state index in [4.69, 9.17) is 0 Å². The number of thioether (sulfide) groups is 1. The summed E-state index contributed by atoms with van der Waals surface area (Å²) in [7, 11) is 1.43. The Morgan fingerprint density at radius 1 is 1.23 bits per heavy atom. The van der Waals surface area contributed by atoms with Crippen molar-refractivity contribution in [3.8, 4) is 5.69 Å². The van der Waals surface area contributed by atoms with Crippen molar-refractivity contribution in [3.05, 3.63) is 52.1 Å². The number of urea groups is 1. The van der Waals surface area contributed by atoms with Crippen LogP contribution in [0.3, 0.4) is 0 Å². The molecule has 0 radical (unpaired) electrons. The quantitative estimate of drug-likeness (QED) is 0.529. The van der Waals surface area contributed by atoms with Gasteiger partial charge in [0.2, 0.25) is 5.91 Å². The second-order valence-electron chi connectivity index (χ2n) is 5.34. The monoisotopic (exact) mass is 388 g/mol. The van der Waals surface area contributed by atoms with Crippen molar-refractivity contribution >= 4 is 45.3 Å². The molecular formula is C17H16N4O3S2. The molecule has 1 atom stereocenters. The van der Waals surface area contributed by atoms with E-state index in [0.29, 0.717) is 21.1 Å². The van der Waals surface area contributed by atoms with E-state index in [-0.39, 0.29) is 5.56 Å². The summed E-state index contributed by atoms with van der Waals surface area (Å²) >= 11 is 2.49. The van der Waals surface area contributed by atoms with Crippen molar-refractivity contribution in [1.82, 2.24) is 20.2 Å². The lowest BCUT2D eigenvalue weighted by atomic mass is 10.3. The van der Waals surface area contributed by atoms with E-state index in [2.05, 4.69) is 15.6 Å². The number of amides is 3. The molecular weight excluding hydrogens is 372 g/mol. The topological polar surface area (TPSA) is 93.1 Å². The highest BCUT2D eigenvalue weighted by Gasteiger charge is 2.21. The van der Waals surface area contributed by atoms with E-state index < -0.39 is 17.2 Å². The van der Waals surface area contributed by atoms with E-state index in [9.17, 15) is 14.4 Å². The summed E-state index contributed by atoms with van der Waals surface area (Å²) in [6, 6.07) is 10.3. The Balaban J connectivity index is 2.03. The maximum absolute atomic E-state index is 12.9. The van der Waals surface area contributed by atoms with Gasteiger partial charge < -0.3 is 5.32 Å². The van der Waals surface area contributed by atoms with Crippen LogP contribution >= 0.6 is 23.1 Å². The fourth-order valence-corrected chi connectivity index (χ4v) is 4.00. The predicted octanol–water partition coefficient (Wildman–Crippen LogP) is 2.38. The number of carbonyl (C=O) groups excluding carboxylic acids is 2. The highest BCUT2D eigenvalue weighted by atomic mass is 32.2. The number of aromatic nitrogens is 2. The smallest absolute Gasteiger partial charge is 0.321 e. The molecule has 134 valence electrons. The molecule has 2 aromatic heterocycles. The number of fused-ring (bicyclic) bond motifs is 1. The van der Waals surface area contributed by atoms with Crippen molar-refractivity contribution in [3.63, 3.8) is 0 Å². The number of nitrogens with zero attached hydrogens (tertiary/aromatic N) is 2. The number of imide groups is 1. The first-order valence-corrected chi connectivity index (χ1v) is 9.52. The van der Waals surface area contributed by atoms with Crippen molar-refractivity contribution < 1.29 is 9.59 Å². The zero-order valence-electron chi connectivity index (χ0n) is 14.1. The molecule has 0 aliphatic rings. The van der Waals surface area contributed by atoms with Crippen molar-refractivity contribution in [2.75, 3.05) is 7.05 Å². The van der Waals surface area contributed by atoms with Crippen LogP contribution in [-0.4, -0.2) is 33.8 Å². The first kappa shape index (κ1) is 18.2. The van der Waals surface area contributed by atoms with Gasteiger partial charge in [-0.1, -0.05) is 30.0 Å². The average molecular weight is 388 g/mol. The van der Waals surface area contributed by atoms with Crippen molar-refractivity contribution in [2.24, 2.45) is 0 Å². The molecule has 2 N–H and O–H groups in total. The molecule has 0 bridgehead atoms. The summed E-state index contributed by atoms with van der Waals surface area (Å²) in [5, 5.41) is 6.69. The Morgan fingerprint density at radius 2 is 1.96 bits per heavy atom. The normalized spacial score (nSPS) is 11.9. The molecule has 2 heterocycles. The highest BCUT2D eigenvalue weighted by molar-refractivity contribution is 8.00. The highest BCUT2D eigenvalue weighted by Crippen LogP contribution is 2.26. The number of rotatable bonds is 4. The van der Waals surface area contributed by atoms with Gasteiger partial charge in [-0.25, -0.2) is 9.78 Å². The molecule has 0 unspecified atom stereocenters. The van der Waals surface area contributed by atoms with E-state index in [1.54, 1.807) is 25.1 Å². The van der Waals surface area contributed by atoms with E-state index in [1.165, 1.54) is 23.0 Å². The maximum Gasteiger partial charge on any atom is 0.321 e. The molecule has 0 aliphatic heterocycles. The summed E-state index contributed by atoms with van der Waals surface area (Å²) < 4.78 is 1.49. The minimum atomic E-state index is -0.619. The lowest BCUT2D eigenvalue weighted by Crippen LogP contribution is -2.41. The van der Waals surface area contributed by atoms with Gasteiger partial charge in [-0.2, -0.15) is 0 Å². The van der Waals surface area contributed by atoms with Gasteiger partial charge in [-0.05, 0) is 30.5 Å². The maximum atomic E-state index is 12.9. The number of hydrogen-bond donors (Lipinski definition) is 2. The number of para-hydroxylation sites is 1. The molecule has 0 fully saturated rings. The van der Waals surface area contributed by atoms with Gasteiger partial charge in [-0.3, -0.25) is 19.5 Å². The molecule has 1 aromatic carbocycles. The number of nitrogens with one attached hydrogen (secondary N) is 2. The molecule has 0 saturated carbocycles. The Kier molecular flexibility index (Phi) is 5.38. The van der Waals surface area contributed by atoms with Crippen LogP contribution in [0.15, 0.2) is 51.7 Å². The summed E-state index contributed by atoms with van der Waals surface area (Å²) in [5.41, 5.74) is 0.475. The molecule has 26 heavy (non-hydrogen) atoms. The van der Waals surface area contributed by atoms with Gasteiger partial charge in [-0.15, -0.1) is 11.3 Å². The standard InChI is InChI=1S/C17H16N4O3S2/c1-10(13(22)19-16(24)18-2)26-17-20-14-12(8-9-25-14)15(23)21(17)11-6-4-3-5-7-11/h3-10H,1-2H3,(H2,18,19,22,24)/t10-/m1/s1. The molecule has 3 rings (SSSR count). The van der Waals surface area contributed by atoms with Crippen LogP contribution in [0.2, 0.25) is 0 Å². The third kappa shape index (κ3) is 3.63. The van der Waals surface area contributed by atoms with Gasteiger partial charge in [0, 0.05) is 7.05 Å². The van der Waals surface area contributed by atoms with Gasteiger partial charge >= 0.3 is 6.03 Å². The molecule has 3 amide bonds. The van der Waals surface area contributed by atoms with E-state index >= 15 is 0 Å². The second-order valence-corrected chi connectivity index (χ2v) is 7.54. The van der Waals surface area contributed by atoms with Crippen LogP contribution in [0, 0.1) is 0 Å². The van der Waals surface area contributed by atoms with Crippen LogP contribution < -0.4 is 16.2 Å². The van der Waals surface area contributed by atoms with Crippen LogP contribution in [-0.2, 0) is 4.79 Å². The number of hydrogen-bond acceptors (Lipinski definition) is 6. The molecule has 7 nitrogen and oxygen atoms in total. The summed E-state index contributed by atoms with van der Waals surface area (Å²) in [6.07, 6.45) is 0. The number of benzene rings is 1. The molecule has 0 spiro atoms. The fourth-order valence-electron chi connectivity index (χ4n) is 2.27. The molecule has 3 aromatic rings. The molecule has 0 aliphatic carbocycles. The minimum absolute atomic E-state index is 0.191. The second kappa shape index (κ2) is 7.71. The van der Waals surface area contributed by atoms with Crippen LogP contribution in [0.5, 0.6) is 0 Å². The molecule has 9 heteroatoms. The van der Waals surface area contributed by atoms with E-state index in [0.717, 1.165) is 11.8 Å². The van der Waals surface area contributed by atoms with Gasteiger partial charge in [0.15, 0.2) is 5.16 Å². The third-order valence-electron chi connectivity index (χ3n) is 3.60.